The van der Waals surface area contributed by atoms with Crippen LogP contribution in [0, 0.1) is 11.8 Å². The Labute approximate surface area is 279 Å². The summed E-state index contributed by atoms with van der Waals surface area (Å²) < 4.78 is 30.2. The number of ether oxygens (including phenoxy) is 4. The zero-order valence-corrected chi connectivity index (χ0v) is 31.9. The van der Waals surface area contributed by atoms with Gasteiger partial charge in [0.25, 0.3) is 0 Å². The van der Waals surface area contributed by atoms with Gasteiger partial charge in [-0.25, -0.2) is 9.59 Å². The third-order valence-corrected chi connectivity index (χ3v) is 12.7. The van der Waals surface area contributed by atoms with Crippen molar-refractivity contribution < 1.29 is 37.8 Å². The van der Waals surface area contributed by atoms with E-state index in [1.54, 1.807) is 34.6 Å². The third kappa shape index (κ3) is 15.4. The number of benzene rings is 1. The van der Waals surface area contributed by atoms with Gasteiger partial charge in [-0.05, 0) is 70.7 Å². The Morgan fingerprint density at radius 1 is 0.891 bits per heavy atom. The monoisotopic (exact) mass is 665 g/mol. The van der Waals surface area contributed by atoms with E-state index in [-0.39, 0.29) is 35.9 Å². The van der Waals surface area contributed by atoms with E-state index < -0.39 is 50.3 Å². The summed E-state index contributed by atoms with van der Waals surface area (Å²) >= 11 is 0. The van der Waals surface area contributed by atoms with Crippen molar-refractivity contribution in [1.82, 2.24) is 5.32 Å². The molecule has 0 aliphatic heterocycles. The van der Waals surface area contributed by atoms with Crippen LogP contribution in [0.25, 0.3) is 0 Å². The fourth-order valence-electron chi connectivity index (χ4n) is 4.47. The van der Waals surface area contributed by atoms with E-state index in [1.165, 1.54) is 0 Å². The molecule has 0 fully saturated rings. The third-order valence-electron chi connectivity index (χ3n) is 8.22. The van der Waals surface area contributed by atoms with Gasteiger partial charge in [-0.2, -0.15) is 0 Å². The lowest BCUT2D eigenvalue weighted by atomic mass is 9.93. The van der Waals surface area contributed by atoms with Crippen LogP contribution in [0.1, 0.15) is 107 Å². The van der Waals surface area contributed by atoms with E-state index in [0.29, 0.717) is 6.61 Å². The van der Waals surface area contributed by atoms with Crippen LogP contribution in [0.4, 0.5) is 4.79 Å². The molecule has 0 aliphatic rings. The number of esters is 2. The zero-order valence-electron chi connectivity index (χ0n) is 30.9. The summed E-state index contributed by atoms with van der Waals surface area (Å²) in [6.07, 6.45) is -0.246. The molecule has 0 radical (unpaired) electrons. The highest BCUT2D eigenvalue weighted by Gasteiger charge is 2.41. The molecule has 46 heavy (non-hydrogen) atoms. The molecule has 1 rings (SSSR count). The van der Waals surface area contributed by atoms with Crippen molar-refractivity contribution in [2.75, 3.05) is 6.61 Å². The summed E-state index contributed by atoms with van der Waals surface area (Å²) in [5.41, 5.74) is 0.150. The summed E-state index contributed by atoms with van der Waals surface area (Å²) in [5, 5.41) is 2.66. The molecule has 1 aromatic carbocycles. The van der Waals surface area contributed by atoms with Gasteiger partial charge < -0.3 is 28.7 Å². The van der Waals surface area contributed by atoms with E-state index in [4.69, 9.17) is 23.4 Å². The van der Waals surface area contributed by atoms with Gasteiger partial charge in [-0.1, -0.05) is 84.7 Å². The summed E-state index contributed by atoms with van der Waals surface area (Å²) in [6, 6.07) is 8.38. The number of rotatable bonds is 18. The van der Waals surface area contributed by atoms with Crippen molar-refractivity contribution in [2.45, 2.75) is 157 Å². The van der Waals surface area contributed by atoms with Crippen molar-refractivity contribution in [3.8, 4) is 0 Å². The van der Waals surface area contributed by atoms with E-state index in [9.17, 15) is 14.4 Å². The van der Waals surface area contributed by atoms with Crippen molar-refractivity contribution in [1.29, 1.82) is 0 Å². The molecule has 10 heteroatoms. The highest BCUT2D eigenvalue weighted by Crippen LogP contribution is 2.37. The van der Waals surface area contributed by atoms with Gasteiger partial charge in [0.1, 0.15) is 17.8 Å². The lowest BCUT2D eigenvalue weighted by Gasteiger charge is -2.39. The number of amides is 1. The highest BCUT2D eigenvalue weighted by molar-refractivity contribution is 6.74. The number of carbonyl (C=O) groups is 3. The average molecular weight is 666 g/mol. The number of unbranched alkanes of at least 4 members (excludes halogenated alkanes) is 1. The van der Waals surface area contributed by atoms with Crippen molar-refractivity contribution in [3.63, 3.8) is 0 Å². The number of alkyl carbamates (subject to hydrolysis) is 1. The van der Waals surface area contributed by atoms with Crippen LogP contribution in [-0.4, -0.2) is 62.9 Å². The van der Waals surface area contributed by atoms with Crippen LogP contribution in [0.5, 0.6) is 0 Å². The second kappa shape index (κ2) is 18.8. The quantitative estimate of drug-likeness (QED) is 0.0950. The molecule has 0 bridgehead atoms. The van der Waals surface area contributed by atoms with Crippen molar-refractivity contribution >= 4 is 26.3 Å². The first-order chi connectivity index (χ1) is 21.2. The van der Waals surface area contributed by atoms with Crippen LogP contribution < -0.4 is 5.32 Å². The first-order valence-corrected chi connectivity index (χ1v) is 19.8. The van der Waals surface area contributed by atoms with Crippen LogP contribution in [0.15, 0.2) is 30.3 Å². The molecule has 1 N–H and O–H groups in total. The number of hydrogen-bond donors (Lipinski definition) is 1. The largest absolute Gasteiger partial charge is 0.458 e. The van der Waals surface area contributed by atoms with Gasteiger partial charge in [0.2, 0.25) is 0 Å². The van der Waals surface area contributed by atoms with E-state index in [1.807, 2.05) is 44.2 Å². The maximum Gasteiger partial charge on any atom is 0.408 e. The Morgan fingerprint density at radius 3 is 2.02 bits per heavy atom. The lowest BCUT2D eigenvalue weighted by Crippen LogP contribution is -2.52. The van der Waals surface area contributed by atoms with E-state index >= 15 is 0 Å². The fourth-order valence-corrected chi connectivity index (χ4v) is 5.54. The summed E-state index contributed by atoms with van der Waals surface area (Å²) in [6.45, 7) is 26.2. The molecule has 0 saturated heterocycles. The number of carbonyl (C=O) groups excluding carboxylic acids is 3. The second-order valence-corrected chi connectivity index (χ2v) is 20.1. The molecule has 1 aromatic rings. The average Bonchev–Trinajstić information content (AvgIpc) is 2.92. The Morgan fingerprint density at radius 2 is 1.50 bits per heavy atom. The minimum absolute atomic E-state index is 0.000641. The molecule has 9 nitrogen and oxygen atoms in total. The molecule has 264 valence electrons. The predicted octanol–water partition coefficient (Wildman–Crippen LogP) is 8.20. The topological polar surface area (TPSA) is 109 Å². The molecule has 1 amide bonds. The van der Waals surface area contributed by atoms with Crippen LogP contribution in [0.3, 0.4) is 0 Å². The molecular weight excluding hydrogens is 602 g/mol. The highest BCUT2D eigenvalue weighted by atomic mass is 28.4. The molecule has 5 atom stereocenters. The number of nitrogens with one attached hydrogen (secondary N) is 1. The number of hydrogen-bond acceptors (Lipinski definition) is 8. The van der Waals surface area contributed by atoms with Gasteiger partial charge in [0.15, 0.2) is 14.4 Å². The van der Waals surface area contributed by atoms with Gasteiger partial charge in [0.05, 0.1) is 12.7 Å². The zero-order chi connectivity index (χ0) is 35.3. The molecule has 0 aromatic heterocycles. The van der Waals surface area contributed by atoms with Crippen molar-refractivity contribution in [3.05, 3.63) is 35.9 Å². The first kappa shape index (κ1) is 41.6. The predicted molar refractivity (Wildman–Crippen MR) is 185 cm³/mol. The second-order valence-electron chi connectivity index (χ2n) is 15.3. The summed E-state index contributed by atoms with van der Waals surface area (Å²) in [7, 11) is -2.12. The Balaban J connectivity index is 3.33. The Kier molecular flexibility index (Phi) is 17.0. The summed E-state index contributed by atoms with van der Waals surface area (Å²) in [5.74, 6) is -1.14. The summed E-state index contributed by atoms with van der Waals surface area (Å²) in [4.78, 5) is 39.7. The van der Waals surface area contributed by atoms with Crippen LogP contribution in [-0.2, 0) is 39.6 Å². The van der Waals surface area contributed by atoms with Gasteiger partial charge in [-0.3, -0.25) is 4.79 Å². The molecule has 0 saturated carbocycles. The van der Waals surface area contributed by atoms with E-state index in [2.05, 4.69) is 46.1 Å². The standard InChI is InChI=1S/C36H63NO8Si/c1-14-15-21-29(24-42-46(12,13)36(9,10)11)32(44-30(38)22-25(2)3)27(5)43-33(39)31(37-34(40)45-35(6,7)8)26(4)41-23-28-19-17-16-18-20-28/h16-20,25-27,29,31-32H,14-15,21-24H2,1-13H3,(H,37,40)/t26-,27+,29+,31+,32+/m1/s1. The van der Waals surface area contributed by atoms with Gasteiger partial charge in [-0.15, -0.1) is 0 Å². The molecular formula is C36H63NO8Si. The Bertz CT molecular complexity index is 1060. The molecule has 0 unspecified atom stereocenters. The minimum atomic E-state index is -2.12. The Hall–Kier alpha value is -2.43. The lowest BCUT2D eigenvalue weighted by molar-refractivity contribution is -0.176. The SMILES string of the molecule is CCCC[C@@H](CO[Si](C)(C)C(C)(C)C)[C@@H](OC(=O)CC(C)C)[C@H](C)OC(=O)[C@@H](NC(=O)OC(C)(C)C)[C@@H](C)OCc1ccccc1. The minimum Gasteiger partial charge on any atom is -0.458 e. The van der Waals surface area contributed by atoms with Gasteiger partial charge >= 0.3 is 18.0 Å². The smallest absolute Gasteiger partial charge is 0.408 e. The van der Waals surface area contributed by atoms with E-state index in [0.717, 1.165) is 24.8 Å². The maximum atomic E-state index is 13.8. The van der Waals surface area contributed by atoms with Crippen LogP contribution in [0.2, 0.25) is 18.1 Å². The molecule has 0 spiro atoms. The fraction of sp³-hybridized carbons (Fsp3) is 0.750. The van der Waals surface area contributed by atoms with Gasteiger partial charge in [0, 0.05) is 18.9 Å². The maximum absolute atomic E-state index is 13.8. The molecule has 0 heterocycles. The first-order valence-electron chi connectivity index (χ1n) is 16.9. The normalized spacial score (nSPS) is 15.8. The van der Waals surface area contributed by atoms with Crippen LogP contribution >= 0.6 is 0 Å². The molecule has 0 aliphatic carbocycles. The van der Waals surface area contributed by atoms with Crippen molar-refractivity contribution in [2.24, 2.45) is 11.8 Å².